The van der Waals surface area contributed by atoms with Gasteiger partial charge in [0.05, 0.1) is 10.6 Å². The number of nitrogens with zero attached hydrogens (tertiary/aromatic N) is 5. The minimum Gasteiger partial charge on any atom is -0.385 e. The summed E-state index contributed by atoms with van der Waals surface area (Å²) in [5.41, 5.74) is 4.61. The summed E-state index contributed by atoms with van der Waals surface area (Å²) in [6.07, 6.45) is 4.21. The number of amides is 1. The van der Waals surface area contributed by atoms with Crippen molar-refractivity contribution in [2.45, 2.75) is 19.5 Å². The molecule has 7 nitrogen and oxygen atoms in total. The fourth-order valence-electron chi connectivity index (χ4n) is 4.57. The second-order valence-electron chi connectivity index (χ2n) is 9.10. The Morgan fingerprint density at radius 2 is 1.78 bits per heavy atom. The number of nitrogens with one attached hydrogen (secondary N) is 1. The second-order valence-corrected chi connectivity index (χ2v) is 10.4. The van der Waals surface area contributed by atoms with Gasteiger partial charge in [0.2, 0.25) is 0 Å². The van der Waals surface area contributed by atoms with Crippen LogP contribution in [0.3, 0.4) is 0 Å². The standard InChI is InChI=1S/C28H28BrClN6O/c29-23-7-10-27-22(15-23)18-35(14-13-34(12-4-11-31-27)17-21-5-2-1-3-6-21)28(37)25-16-24(8-9-26(25)30)36-19-32-33-20-36/h1-3,5-10,15-16,19-20,31H,4,11-14,17-18H2. The number of fused-ring (bicyclic) bond motifs is 1. The molecule has 0 radical (unpaired) electrons. The van der Waals surface area contributed by atoms with E-state index in [-0.39, 0.29) is 5.91 Å². The molecule has 9 heteroatoms. The van der Waals surface area contributed by atoms with E-state index < -0.39 is 0 Å². The van der Waals surface area contributed by atoms with E-state index in [4.69, 9.17) is 11.6 Å². The summed E-state index contributed by atoms with van der Waals surface area (Å²) in [7, 11) is 0. The van der Waals surface area contributed by atoms with Crippen LogP contribution < -0.4 is 5.32 Å². The molecule has 2 heterocycles. The highest BCUT2D eigenvalue weighted by molar-refractivity contribution is 9.10. The van der Waals surface area contributed by atoms with Gasteiger partial charge in [0.15, 0.2) is 0 Å². The van der Waals surface area contributed by atoms with E-state index in [1.807, 2.05) is 23.1 Å². The molecule has 1 aromatic heterocycles. The normalized spacial score (nSPS) is 14.9. The van der Waals surface area contributed by atoms with Gasteiger partial charge in [0.25, 0.3) is 5.91 Å². The van der Waals surface area contributed by atoms with Gasteiger partial charge in [-0.05, 0) is 53.9 Å². The first-order valence-corrected chi connectivity index (χ1v) is 13.5. The van der Waals surface area contributed by atoms with Crippen LogP contribution in [-0.4, -0.2) is 56.7 Å². The number of hydrogen-bond donors (Lipinski definition) is 1. The first kappa shape index (κ1) is 25.4. The summed E-state index contributed by atoms with van der Waals surface area (Å²) in [4.78, 5) is 18.3. The summed E-state index contributed by atoms with van der Waals surface area (Å²) in [6.45, 7) is 4.43. The number of carbonyl (C=O) groups is 1. The van der Waals surface area contributed by atoms with Crippen LogP contribution in [-0.2, 0) is 13.1 Å². The Balaban J connectivity index is 1.46. The predicted molar refractivity (Wildman–Crippen MR) is 150 cm³/mol. The Morgan fingerprint density at radius 1 is 0.973 bits per heavy atom. The fourth-order valence-corrected chi connectivity index (χ4v) is 5.17. The number of benzene rings is 3. The highest BCUT2D eigenvalue weighted by atomic mass is 79.9. The SMILES string of the molecule is O=C(c1cc(-n2cnnc2)ccc1Cl)N1CCN(Cc2ccccc2)CCCNc2ccc(Br)cc2C1. The highest BCUT2D eigenvalue weighted by Gasteiger charge is 2.22. The number of hydrogen-bond acceptors (Lipinski definition) is 5. The van der Waals surface area contributed by atoms with Crippen molar-refractivity contribution >= 4 is 39.1 Å². The molecule has 0 unspecified atom stereocenters. The number of aromatic nitrogens is 3. The summed E-state index contributed by atoms with van der Waals surface area (Å²) < 4.78 is 2.74. The van der Waals surface area contributed by atoms with E-state index in [0.717, 1.165) is 54.0 Å². The van der Waals surface area contributed by atoms with Crippen LogP contribution in [0.15, 0.2) is 83.9 Å². The minimum atomic E-state index is -0.107. The maximum Gasteiger partial charge on any atom is 0.255 e. The Kier molecular flexibility index (Phi) is 8.18. The maximum absolute atomic E-state index is 14.0. The molecule has 1 N–H and O–H groups in total. The largest absolute Gasteiger partial charge is 0.385 e. The van der Waals surface area contributed by atoms with Gasteiger partial charge in [0, 0.05) is 55.1 Å². The predicted octanol–water partition coefficient (Wildman–Crippen LogP) is 5.64. The lowest BCUT2D eigenvalue weighted by Crippen LogP contribution is -2.38. The number of rotatable bonds is 4. The van der Waals surface area contributed by atoms with Crippen molar-refractivity contribution in [3.05, 3.63) is 106 Å². The van der Waals surface area contributed by atoms with E-state index in [1.165, 1.54) is 5.56 Å². The van der Waals surface area contributed by atoms with Crippen molar-refractivity contribution in [1.82, 2.24) is 24.6 Å². The van der Waals surface area contributed by atoms with Crippen molar-refractivity contribution in [2.75, 3.05) is 31.5 Å². The molecule has 5 rings (SSSR count). The third kappa shape index (κ3) is 6.39. The van der Waals surface area contributed by atoms with Crippen molar-refractivity contribution in [3.8, 4) is 5.69 Å². The molecule has 37 heavy (non-hydrogen) atoms. The molecule has 0 fully saturated rings. The van der Waals surface area contributed by atoms with Crippen molar-refractivity contribution in [2.24, 2.45) is 0 Å². The Hall–Kier alpha value is -3.20. The van der Waals surface area contributed by atoms with Gasteiger partial charge < -0.3 is 10.2 Å². The third-order valence-corrected chi connectivity index (χ3v) is 7.34. The second kappa shape index (κ2) is 11.9. The lowest BCUT2D eigenvalue weighted by molar-refractivity contribution is 0.0720. The molecular formula is C28H28BrClN6O. The highest BCUT2D eigenvalue weighted by Crippen LogP contribution is 2.26. The zero-order valence-electron chi connectivity index (χ0n) is 20.4. The summed E-state index contributed by atoms with van der Waals surface area (Å²) in [6, 6.07) is 22.1. The average Bonchev–Trinajstić information content (AvgIpc) is 3.44. The van der Waals surface area contributed by atoms with Gasteiger partial charge in [-0.15, -0.1) is 10.2 Å². The molecule has 0 saturated carbocycles. The molecule has 0 bridgehead atoms. The van der Waals surface area contributed by atoms with Gasteiger partial charge in [-0.2, -0.15) is 0 Å². The minimum absolute atomic E-state index is 0.107. The summed E-state index contributed by atoms with van der Waals surface area (Å²) in [5.74, 6) is -0.107. The van der Waals surface area contributed by atoms with E-state index in [2.05, 4.69) is 72.7 Å². The lowest BCUT2D eigenvalue weighted by atomic mass is 10.1. The van der Waals surface area contributed by atoms with E-state index >= 15 is 0 Å². The van der Waals surface area contributed by atoms with Gasteiger partial charge in [-0.1, -0.05) is 57.9 Å². The number of anilines is 1. The number of halogens is 2. The van der Waals surface area contributed by atoms with Gasteiger partial charge >= 0.3 is 0 Å². The van der Waals surface area contributed by atoms with E-state index in [9.17, 15) is 4.79 Å². The zero-order chi connectivity index (χ0) is 25.6. The Labute approximate surface area is 230 Å². The van der Waals surface area contributed by atoms with Crippen molar-refractivity contribution in [1.29, 1.82) is 0 Å². The van der Waals surface area contributed by atoms with Crippen LogP contribution in [0.5, 0.6) is 0 Å². The van der Waals surface area contributed by atoms with Gasteiger partial charge in [-0.3, -0.25) is 14.3 Å². The first-order chi connectivity index (χ1) is 18.1. The summed E-state index contributed by atoms with van der Waals surface area (Å²) in [5, 5.41) is 11.8. The quantitative estimate of drug-likeness (QED) is 0.339. The maximum atomic E-state index is 14.0. The molecule has 1 amide bonds. The van der Waals surface area contributed by atoms with E-state index in [1.54, 1.807) is 29.4 Å². The van der Waals surface area contributed by atoms with Crippen LogP contribution in [0.2, 0.25) is 5.02 Å². The monoisotopic (exact) mass is 578 g/mol. The van der Waals surface area contributed by atoms with Crippen LogP contribution in [0.1, 0.15) is 27.9 Å². The van der Waals surface area contributed by atoms with Crippen LogP contribution in [0, 0.1) is 0 Å². The van der Waals surface area contributed by atoms with Crippen molar-refractivity contribution in [3.63, 3.8) is 0 Å². The molecule has 1 aliphatic rings. The van der Waals surface area contributed by atoms with Gasteiger partial charge in [0.1, 0.15) is 12.7 Å². The molecule has 0 saturated heterocycles. The van der Waals surface area contributed by atoms with Crippen molar-refractivity contribution < 1.29 is 4.79 Å². The van der Waals surface area contributed by atoms with E-state index in [0.29, 0.717) is 23.7 Å². The summed E-state index contributed by atoms with van der Waals surface area (Å²) >= 11 is 10.2. The molecular weight excluding hydrogens is 552 g/mol. The van der Waals surface area contributed by atoms with Crippen LogP contribution in [0.25, 0.3) is 5.69 Å². The molecule has 0 aliphatic carbocycles. The molecule has 190 valence electrons. The first-order valence-electron chi connectivity index (χ1n) is 12.3. The Bertz CT molecular complexity index is 1350. The van der Waals surface area contributed by atoms with Gasteiger partial charge in [-0.25, -0.2) is 0 Å². The topological polar surface area (TPSA) is 66.3 Å². The van der Waals surface area contributed by atoms with Crippen LogP contribution in [0.4, 0.5) is 5.69 Å². The average molecular weight is 580 g/mol. The third-order valence-electron chi connectivity index (χ3n) is 6.51. The fraction of sp³-hybridized carbons (Fsp3) is 0.250. The van der Waals surface area contributed by atoms with Crippen LogP contribution >= 0.6 is 27.5 Å². The molecule has 0 atom stereocenters. The smallest absolute Gasteiger partial charge is 0.255 e. The molecule has 3 aromatic carbocycles. The number of carbonyl (C=O) groups excluding carboxylic acids is 1. The Morgan fingerprint density at radius 3 is 2.59 bits per heavy atom. The zero-order valence-corrected chi connectivity index (χ0v) is 22.7. The molecule has 1 aliphatic heterocycles. The molecule has 4 aromatic rings. The lowest BCUT2D eigenvalue weighted by Gasteiger charge is -2.28. The molecule has 0 spiro atoms.